The monoisotopic (exact) mass is 273 g/mol. The average molecular weight is 273 g/mol. The summed E-state index contributed by atoms with van der Waals surface area (Å²) in [6, 6.07) is -0.851. The molecule has 0 aromatic rings. The van der Waals surface area contributed by atoms with E-state index in [2.05, 4.69) is 5.32 Å². The van der Waals surface area contributed by atoms with E-state index in [-0.39, 0.29) is 12.8 Å². The Morgan fingerprint density at radius 3 is 2.16 bits per heavy atom. The molecule has 0 rings (SSSR count). The van der Waals surface area contributed by atoms with Gasteiger partial charge in [0.15, 0.2) is 0 Å². The van der Waals surface area contributed by atoms with E-state index in [9.17, 15) is 19.2 Å². The number of primary amides is 1. The summed E-state index contributed by atoms with van der Waals surface area (Å²) in [6.45, 7) is 4.37. The van der Waals surface area contributed by atoms with E-state index >= 15 is 0 Å². The van der Waals surface area contributed by atoms with Crippen LogP contribution in [0.3, 0.4) is 0 Å². The fraction of sp³-hybridized carbons (Fsp3) is 0.636. The number of rotatable bonds is 6. The highest BCUT2D eigenvalue weighted by molar-refractivity contribution is 5.97. The van der Waals surface area contributed by atoms with Crippen molar-refractivity contribution in [2.45, 2.75) is 39.2 Å². The lowest BCUT2D eigenvalue weighted by atomic mass is 10.0. The van der Waals surface area contributed by atoms with Gasteiger partial charge in [-0.2, -0.15) is 0 Å². The number of hydrogen-bond acceptors (Lipinski definition) is 4. The van der Waals surface area contributed by atoms with Crippen LogP contribution in [-0.2, 0) is 14.4 Å². The molecular formula is C11H19N3O5. The Bertz CT molecular complexity index is 392. The van der Waals surface area contributed by atoms with Gasteiger partial charge in [0.25, 0.3) is 0 Å². The molecule has 0 heterocycles. The molecule has 0 fully saturated rings. The number of hydrogen-bond donors (Lipinski definition) is 4. The zero-order valence-corrected chi connectivity index (χ0v) is 11.1. The summed E-state index contributed by atoms with van der Waals surface area (Å²) in [5, 5.41) is 12.8. The van der Waals surface area contributed by atoms with Crippen LogP contribution >= 0.6 is 0 Å². The van der Waals surface area contributed by atoms with Crippen LogP contribution in [0.5, 0.6) is 0 Å². The van der Waals surface area contributed by atoms with Gasteiger partial charge < -0.3 is 16.2 Å². The summed E-state index contributed by atoms with van der Waals surface area (Å²) in [5.41, 5.74) is 3.77. The van der Waals surface area contributed by atoms with Gasteiger partial charge in [0, 0.05) is 12.8 Å². The molecule has 5 N–H and O–H groups in total. The average Bonchev–Trinajstić information content (AvgIpc) is 2.12. The number of carboxylic acid groups (broad SMARTS) is 1. The minimum Gasteiger partial charge on any atom is -0.481 e. The van der Waals surface area contributed by atoms with Gasteiger partial charge in [0.2, 0.25) is 11.8 Å². The molecule has 0 aliphatic carbocycles. The third-order valence-corrected chi connectivity index (χ3v) is 2.35. The Kier molecular flexibility index (Phi) is 5.97. The minimum absolute atomic E-state index is 0.100. The van der Waals surface area contributed by atoms with Gasteiger partial charge in [-0.3, -0.25) is 19.7 Å². The van der Waals surface area contributed by atoms with Crippen molar-refractivity contribution in [3.05, 3.63) is 0 Å². The maximum absolute atomic E-state index is 11.4. The third kappa shape index (κ3) is 7.02. The van der Waals surface area contributed by atoms with Gasteiger partial charge in [-0.05, 0) is 19.8 Å². The zero-order valence-electron chi connectivity index (χ0n) is 11.1. The maximum atomic E-state index is 11.4. The quantitative estimate of drug-likeness (QED) is 0.520. The van der Waals surface area contributed by atoms with Crippen molar-refractivity contribution in [1.82, 2.24) is 10.6 Å². The normalized spacial score (nSPS) is 12.4. The van der Waals surface area contributed by atoms with E-state index in [1.54, 1.807) is 6.92 Å². The third-order valence-electron chi connectivity index (χ3n) is 2.35. The first-order valence-electron chi connectivity index (χ1n) is 5.68. The SMILES string of the molecule is CC(CC(=O)O)CC(=O)NC(=O)NC(C)(C)C(N)=O. The van der Waals surface area contributed by atoms with Crippen molar-refractivity contribution in [2.24, 2.45) is 11.7 Å². The topological polar surface area (TPSA) is 139 Å². The molecule has 0 saturated heterocycles. The second-order valence-corrected chi connectivity index (χ2v) is 4.90. The Hall–Kier alpha value is -2.12. The van der Waals surface area contributed by atoms with Crippen LogP contribution in [0, 0.1) is 5.92 Å². The lowest BCUT2D eigenvalue weighted by Crippen LogP contribution is -2.56. The molecule has 108 valence electrons. The van der Waals surface area contributed by atoms with Gasteiger partial charge in [-0.25, -0.2) is 4.79 Å². The highest BCUT2D eigenvalue weighted by atomic mass is 16.4. The molecule has 0 aromatic carbocycles. The maximum Gasteiger partial charge on any atom is 0.322 e. The Balaban J connectivity index is 4.24. The van der Waals surface area contributed by atoms with Crippen molar-refractivity contribution in [3.63, 3.8) is 0 Å². The summed E-state index contributed by atoms with van der Waals surface area (Å²) < 4.78 is 0. The molecule has 0 aliphatic heterocycles. The minimum atomic E-state index is -1.28. The summed E-state index contributed by atoms with van der Waals surface area (Å²) >= 11 is 0. The highest BCUT2D eigenvalue weighted by Crippen LogP contribution is 2.07. The number of aliphatic carboxylic acids is 1. The molecule has 0 saturated carbocycles. The van der Waals surface area contributed by atoms with E-state index in [4.69, 9.17) is 10.8 Å². The van der Waals surface area contributed by atoms with Crippen molar-refractivity contribution < 1.29 is 24.3 Å². The van der Waals surface area contributed by atoms with Gasteiger partial charge in [-0.1, -0.05) is 6.92 Å². The van der Waals surface area contributed by atoms with Gasteiger partial charge in [0.1, 0.15) is 5.54 Å². The number of imide groups is 1. The first kappa shape index (κ1) is 16.9. The second-order valence-electron chi connectivity index (χ2n) is 4.90. The summed E-state index contributed by atoms with van der Waals surface area (Å²) in [4.78, 5) is 44.2. The predicted molar refractivity (Wildman–Crippen MR) is 66.0 cm³/mol. The second kappa shape index (κ2) is 6.72. The molecule has 1 atom stereocenters. The van der Waals surface area contributed by atoms with E-state index in [1.165, 1.54) is 13.8 Å². The van der Waals surface area contributed by atoms with Gasteiger partial charge in [0.05, 0.1) is 0 Å². The van der Waals surface area contributed by atoms with E-state index < -0.39 is 35.3 Å². The van der Waals surface area contributed by atoms with Crippen LogP contribution in [0.2, 0.25) is 0 Å². The Morgan fingerprint density at radius 1 is 1.21 bits per heavy atom. The molecular weight excluding hydrogens is 254 g/mol. The number of carboxylic acids is 1. The number of nitrogens with one attached hydrogen (secondary N) is 2. The number of amides is 4. The standard InChI is InChI=1S/C11H19N3O5/c1-6(5-8(16)17)4-7(15)13-10(19)14-11(2,3)9(12)18/h6H,4-5H2,1-3H3,(H2,12,18)(H,16,17)(H2,13,14,15,19). The van der Waals surface area contributed by atoms with Crippen LogP contribution in [-0.4, -0.2) is 34.5 Å². The lowest BCUT2D eigenvalue weighted by Gasteiger charge is -2.22. The molecule has 19 heavy (non-hydrogen) atoms. The molecule has 1 unspecified atom stereocenters. The molecule has 8 heteroatoms. The molecule has 0 radical (unpaired) electrons. The summed E-state index contributed by atoms with van der Waals surface area (Å²) in [5.74, 6) is -2.77. The lowest BCUT2D eigenvalue weighted by molar-refractivity contribution is -0.138. The van der Waals surface area contributed by atoms with E-state index in [0.717, 1.165) is 0 Å². The predicted octanol–water partition coefficient (Wildman–Crippen LogP) is -0.423. The fourth-order valence-corrected chi connectivity index (χ4v) is 1.24. The molecule has 0 aliphatic rings. The molecule has 4 amide bonds. The van der Waals surface area contributed by atoms with Gasteiger partial charge in [-0.15, -0.1) is 0 Å². The van der Waals surface area contributed by atoms with Crippen molar-refractivity contribution >= 4 is 23.8 Å². The molecule has 0 spiro atoms. The van der Waals surface area contributed by atoms with Crippen molar-refractivity contribution in [3.8, 4) is 0 Å². The van der Waals surface area contributed by atoms with E-state index in [1.807, 2.05) is 5.32 Å². The van der Waals surface area contributed by atoms with Crippen LogP contribution in [0.4, 0.5) is 4.79 Å². The van der Waals surface area contributed by atoms with Crippen LogP contribution < -0.4 is 16.4 Å². The van der Waals surface area contributed by atoms with Crippen LogP contribution in [0.15, 0.2) is 0 Å². The smallest absolute Gasteiger partial charge is 0.322 e. The number of carbonyl (C=O) groups is 4. The number of nitrogens with two attached hydrogens (primary N) is 1. The van der Waals surface area contributed by atoms with Crippen LogP contribution in [0.25, 0.3) is 0 Å². The molecule has 8 nitrogen and oxygen atoms in total. The Labute approximate surface area is 110 Å². The van der Waals surface area contributed by atoms with E-state index in [0.29, 0.717) is 0 Å². The molecule has 0 bridgehead atoms. The summed E-state index contributed by atoms with van der Waals surface area (Å²) in [7, 11) is 0. The van der Waals surface area contributed by atoms with Gasteiger partial charge >= 0.3 is 12.0 Å². The largest absolute Gasteiger partial charge is 0.481 e. The molecule has 0 aromatic heterocycles. The zero-order chi connectivity index (χ0) is 15.2. The Morgan fingerprint density at radius 2 is 1.74 bits per heavy atom. The van der Waals surface area contributed by atoms with Crippen molar-refractivity contribution in [2.75, 3.05) is 0 Å². The first-order chi connectivity index (χ1) is 8.54. The number of carbonyl (C=O) groups excluding carboxylic acids is 3. The van der Waals surface area contributed by atoms with Crippen molar-refractivity contribution in [1.29, 1.82) is 0 Å². The summed E-state index contributed by atoms with van der Waals surface area (Å²) in [6.07, 6.45) is -0.265. The van der Waals surface area contributed by atoms with Crippen LogP contribution in [0.1, 0.15) is 33.6 Å². The number of urea groups is 1. The fourth-order valence-electron chi connectivity index (χ4n) is 1.24. The first-order valence-corrected chi connectivity index (χ1v) is 5.68. The highest BCUT2D eigenvalue weighted by Gasteiger charge is 2.27.